The first-order valence-corrected chi connectivity index (χ1v) is 8.47. The van der Waals surface area contributed by atoms with Crippen LogP contribution in [0.5, 0.6) is 0 Å². The van der Waals surface area contributed by atoms with E-state index in [1.165, 1.54) is 12.1 Å². The highest BCUT2D eigenvalue weighted by atomic mass is 19.1. The van der Waals surface area contributed by atoms with Crippen LogP contribution in [0, 0.1) is 11.7 Å². The molecule has 1 aromatic rings. The molecule has 0 bridgehead atoms. The van der Waals surface area contributed by atoms with Gasteiger partial charge in [0.1, 0.15) is 5.82 Å². The number of aliphatic hydroxyl groups excluding tert-OH is 1. The standard InChI is InChI=1S/C18H25FN2O2/c1-13(22)14-6-10-21(11-7-14)17(23)20-12-18(8-9-18)15-2-4-16(19)5-3-15/h2-5,13-14,22H,6-12H2,1H3,(H,20,23). The van der Waals surface area contributed by atoms with Crippen LogP contribution in [0.2, 0.25) is 0 Å². The molecule has 2 amide bonds. The van der Waals surface area contributed by atoms with Gasteiger partial charge in [0.15, 0.2) is 0 Å². The van der Waals surface area contributed by atoms with E-state index < -0.39 is 0 Å². The number of amides is 2. The van der Waals surface area contributed by atoms with Crippen LogP contribution in [-0.4, -0.2) is 41.8 Å². The summed E-state index contributed by atoms with van der Waals surface area (Å²) in [6.07, 6.45) is 3.47. The molecular formula is C18H25FN2O2. The average Bonchev–Trinajstić information content (AvgIpc) is 3.34. The van der Waals surface area contributed by atoms with Gasteiger partial charge in [-0.2, -0.15) is 0 Å². The van der Waals surface area contributed by atoms with Gasteiger partial charge in [-0.1, -0.05) is 12.1 Å². The van der Waals surface area contributed by atoms with Crippen LogP contribution >= 0.6 is 0 Å². The number of halogens is 1. The Morgan fingerprint density at radius 3 is 2.48 bits per heavy atom. The summed E-state index contributed by atoms with van der Waals surface area (Å²) < 4.78 is 13.0. The Hall–Kier alpha value is -1.62. The third-order valence-electron chi connectivity index (χ3n) is 5.40. The highest BCUT2D eigenvalue weighted by molar-refractivity contribution is 5.74. The average molecular weight is 320 g/mol. The Kier molecular flexibility index (Phi) is 4.57. The molecule has 2 N–H and O–H groups in total. The zero-order valence-corrected chi connectivity index (χ0v) is 13.6. The molecule has 3 rings (SSSR count). The molecule has 126 valence electrons. The van der Waals surface area contributed by atoms with Crippen molar-refractivity contribution in [2.75, 3.05) is 19.6 Å². The molecule has 1 saturated carbocycles. The van der Waals surface area contributed by atoms with Crippen molar-refractivity contribution in [3.63, 3.8) is 0 Å². The Labute approximate surface area is 136 Å². The number of nitrogens with one attached hydrogen (secondary N) is 1. The van der Waals surface area contributed by atoms with Crippen LogP contribution in [0.4, 0.5) is 9.18 Å². The van der Waals surface area contributed by atoms with E-state index in [9.17, 15) is 14.3 Å². The largest absolute Gasteiger partial charge is 0.393 e. The van der Waals surface area contributed by atoms with Gasteiger partial charge in [-0.05, 0) is 56.2 Å². The number of benzene rings is 1. The van der Waals surface area contributed by atoms with Crippen molar-refractivity contribution in [3.8, 4) is 0 Å². The minimum absolute atomic E-state index is 0.0126. The SMILES string of the molecule is CC(O)C1CCN(C(=O)NCC2(c3ccc(F)cc3)CC2)CC1. The van der Waals surface area contributed by atoms with Crippen LogP contribution in [0.25, 0.3) is 0 Å². The number of urea groups is 1. The third kappa shape index (κ3) is 3.66. The van der Waals surface area contributed by atoms with Crippen molar-refractivity contribution in [1.29, 1.82) is 0 Å². The van der Waals surface area contributed by atoms with Gasteiger partial charge in [0.2, 0.25) is 0 Å². The fraction of sp³-hybridized carbons (Fsp3) is 0.611. The molecule has 0 radical (unpaired) electrons. The van der Waals surface area contributed by atoms with Crippen LogP contribution in [-0.2, 0) is 5.41 Å². The summed E-state index contributed by atoms with van der Waals surface area (Å²) in [6, 6.07) is 6.59. The molecule has 1 aromatic carbocycles. The van der Waals surface area contributed by atoms with E-state index in [2.05, 4.69) is 5.32 Å². The van der Waals surface area contributed by atoms with Crippen molar-refractivity contribution < 1.29 is 14.3 Å². The van der Waals surface area contributed by atoms with E-state index in [4.69, 9.17) is 0 Å². The zero-order chi connectivity index (χ0) is 16.4. The van der Waals surface area contributed by atoms with Crippen LogP contribution in [0.3, 0.4) is 0 Å². The lowest BCUT2D eigenvalue weighted by Gasteiger charge is -2.33. The molecule has 1 atom stereocenters. The highest BCUT2D eigenvalue weighted by Gasteiger charge is 2.44. The lowest BCUT2D eigenvalue weighted by molar-refractivity contribution is 0.0797. The molecule has 0 spiro atoms. The van der Waals surface area contributed by atoms with Crippen LogP contribution < -0.4 is 5.32 Å². The molecule has 23 heavy (non-hydrogen) atoms. The Morgan fingerprint density at radius 1 is 1.35 bits per heavy atom. The number of likely N-dealkylation sites (tertiary alicyclic amines) is 1. The number of aliphatic hydroxyl groups is 1. The molecule has 1 saturated heterocycles. The second-order valence-corrected chi connectivity index (χ2v) is 7.01. The van der Waals surface area contributed by atoms with Gasteiger partial charge in [0.05, 0.1) is 6.10 Å². The lowest BCUT2D eigenvalue weighted by Crippen LogP contribution is -2.47. The molecule has 1 unspecified atom stereocenters. The van der Waals surface area contributed by atoms with Crippen LogP contribution in [0.15, 0.2) is 24.3 Å². The topological polar surface area (TPSA) is 52.6 Å². The Morgan fingerprint density at radius 2 is 1.96 bits per heavy atom. The van der Waals surface area contributed by atoms with Crippen molar-refractivity contribution in [2.24, 2.45) is 5.92 Å². The fourth-order valence-electron chi connectivity index (χ4n) is 3.46. The van der Waals surface area contributed by atoms with Gasteiger partial charge in [-0.15, -0.1) is 0 Å². The summed E-state index contributed by atoms with van der Waals surface area (Å²) in [4.78, 5) is 14.2. The number of nitrogens with zero attached hydrogens (tertiary/aromatic N) is 1. The van der Waals surface area contributed by atoms with E-state index in [1.54, 1.807) is 0 Å². The summed E-state index contributed by atoms with van der Waals surface area (Å²) in [6.45, 7) is 3.82. The lowest BCUT2D eigenvalue weighted by atomic mass is 9.92. The quantitative estimate of drug-likeness (QED) is 0.896. The maximum absolute atomic E-state index is 13.0. The molecule has 5 heteroatoms. The van der Waals surface area contributed by atoms with Gasteiger partial charge in [0.25, 0.3) is 0 Å². The van der Waals surface area contributed by atoms with E-state index in [-0.39, 0.29) is 23.4 Å². The molecule has 1 heterocycles. The number of rotatable bonds is 4. The maximum Gasteiger partial charge on any atom is 0.317 e. The smallest absolute Gasteiger partial charge is 0.317 e. The predicted molar refractivity (Wildman–Crippen MR) is 86.7 cm³/mol. The summed E-state index contributed by atoms with van der Waals surface area (Å²) >= 11 is 0. The number of carbonyl (C=O) groups excluding carboxylic acids is 1. The minimum Gasteiger partial charge on any atom is -0.393 e. The van der Waals surface area contributed by atoms with Crippen molar-refractivity contribution in [3.05, 3.63) is 35.6 Å². The summed E-state index contributed by atoms with van der Waals surface area (Å²) in [5.74, 6) is 0.0719. The van der Waals surface area contributed by atoms with E-state index in [0.29, 0.717) is 25.6 Å². The first-order valence-electron chi connectivity index (χ1n) is 8.47. The number of piperidine rings is 1. The number of hydrogen-bond acceptors (Lipinski definition) is 2. The molecule has 2 aliphatic rings. The van der Waals surface area contributed by atoms with E-state index in [0.717, 1.165) is 31.2 Å². The molecule has 1 aliphatic heterocycles. The van der Waals surface area contributed by atoms with E-state index >= 15 is 0 Å². The highest BCUT2D eigenvalue weighted by Crippen LogP contribution is 2.47. The summed E-state index contributed by atoms with van der Waals surface area (Å²) in [5, 5.41) is 12.7. The first kappa shape index (κ1) is 16.2. The molecule has 2 fully saturated rings. The van der Waals surface area contributed by atoms with Gasteiger partial charge >= 0.3 is 6.03 Å². The maximum atomic E-state index is 13.0. The van der Waals surface area contributed by atoms with Crippen molar-refractivity contribution >= 4 is 6.03 Å². The molecule has 0 aromatic heterocycles. The molecule has 4 nitrogen and oxygen atoms in total. The van der Waals surface area contributed by atoms with Gasteiger partial charge in [0, 0.05) is 25.0 Å². The minimum atomic E-state index is -0.298. The predicted octanol–water partition coefficient (Wildman–Crippen LogP) is 2.66. The number of carbonyl (C=O) groups is 1. The third-order valence-corrected chi connectivity index (χ3v) is 5.40. The van der Waals surface area contributed by atoms with Gasteiger partial charge in [-0.25, -0.2) is 9.18 Å². The summed E-state index contributed by atoms with van der Waals surface area (Å²) in [7, 11) is 0. The molecular weight excluding hydrogens is 295 g/mol. The first-order chi connectivity index (χ1) is 11.0. The molecule has 1 aliphatic carbocycles. The second kappa shape index (κ2) is 6.48. The normalized spacial score (nSPS) is 21.8. The van der Waals surface area contributed by atoms with Crippen molar-refractivity contribution in [2.45, 2.75) is 44.1 Å². The second-order valence-electron chi connectivity index (χ2n) is 7.01. The van der Waals surface area contributed by atoms with Crippen molar-refractivity contribution in [1.82, 2.24) is 10.2 Å². The van der Waals surface area contributed by atoms with Gasteiger partial charge < -0.3 is 15.3 Å². The number of hydrogen-bond donors (Lipinski definition) is 2. The Bertz CT molecular complexity index is 547. The summed E-state index contributed by atoms with van der Waals surface area (Å²) in [5.41, 5.74) is 1.09. The zero-order valence-electron chi connectivity index (χ0n) is 13.6. The Balaban J connectivity index is 1.51. The van der Waals surface area contributed by atoms with Crippen LogP contribution in [0.1, 0.15) is 38.2 Å². The fourth-order valence-corrected chi connectivity index (χ4v) is 3.46. The van der Waals surface area contributed by atoms with Gasteiger partial charge in [-0.3, -0.25) is 0 Å². The van der Waals surface area contributed by atoms with E-state index in [1.807, 2.05) is 24.0 Å². The monoisotopic (exact) mass is 320 g/mol.